The zero-order valence-corrected chi connectivity index (χ0v) is 11.1. The summed E-state index contributed by atoms with van der Waals surface area (Å²) < 4.78 is 15.0. The van der Waals surface area contributed by atoms with Gasteiger partial charge in [0.2, 0.25) is 11.5 Å². The van der Waals surface area contributed by atoms with Gasteiger partial charge in [-0.2, -0.15) is 0 Å². The van der Waals surface area contributed by atoms with Crippen molar-refractivity contribution in [1.29, 1.82) is 0 Å². The molecule has 6 nitrogen and oxygen atoms in total. The number of carbonyl (C=O) groups excluding carboxylic acids is 2. The molecule has 108 valence electrons. The molecule has 0 aliphatic rings. The molecule has 1 N–H and O–H groups in total. The molecule has 0 fully saturated rings. The smallest absolute Gasteiger partial charge is 0.373 e. The summed E-state index contributed by atoms with van der Waals surface area (Å²) >= 11 is 0. The molecule has 6 heteroatoms. The Labute approximate surface area is 116 Å². The minimum absolute atomic E-state index is 0.00755. The van der Waals surface area contributed by atoms with Gasteiger partial charge in [0.25, 0.3) is 0 Å². The largest absolute Gasteiger partial charge is 0.502 e. The lowest BCUT2D eigenvalue weighted by Crippen LogP contribution is -2.12. The predicted molar refractivity (Wildman–Crippen MR) is 70.7 cm³/mol. The molecule has 1 rings (SSSR count). The Balaban J connectivity index is 2.74. The van der Waals surface area contributed by atoms with E-state index >= 15 is 0 Å². The van der Waals surface area contributed by atoms with Crippen LogP contribution in [0.5, 0.6) is 17.2 Å². The molecule has 0 spiro atoms. The summed E-state index contributed by atoms with van der Waals surface area (Å²) in [6, 6.07) is 4.44. The highest BCUT2D eigenvalue weighted by Crippen LogP contribution is 2.36. The first-order valence-corrected chi connectivity index (χ1v) is 6.02. The maximum absolute atomic E-state index is 11.5. The summed E-state index contributed by atoms with van der Waals surface area (Å²) in [5.74, 6) is -1.21. The third kappa shape index (κ3) is 4.31. The number of phenols is 1. The van der Waals surface area contributed by atoms with Crippen molar-refractivity contribution in [3.63, 3.8) is 0 Å². The highest BCUT2D eigenvalue weighted by atomic mass is 16.6. The van der Waals surface area contributed by atoms with Crippen molar-refractivity contribution in [2.45, 2.75) is 13.3 Å². The first-order chi connectivity index (χ1) is 9.60. The number of benzene rings is 1. The van der Waals surface area contributed by atoms with E-state index in [1.165, 1.54) is 12.1 Å². The molecule has 0 atom stereocenters. The van der Waals surface area contributed by atoms with Gasteiger partial charge < -0.3 is 19.3 Å². The van der Waals surface area contributed by atoms with Crippen LogP contribution in [0.3, 0.4) is 0 Å². The van der Waals surface area contributed by atoms with E-state index in [9.17, 15) is 14.7 Å². The fourth-order valence-corrected chi connectivity index (χ4v) is 1.27. The van der Waals surface area contributed by atoms with Crippen LogP contribution in [0, 0.1) is 0 Å². The van der Waals surface area contributed by atoms with E-state index in [0.29, 0.717) is 12.7 Å². The van der Waals surface area contributed by atoms with Crippen molar-refractivity contribution < 1.29 is 28.9 Å². The Morgan fingerprint density at radius 1 is 1.40 bits per heavy atom. The predicted octanol–water partition coefficient (Wildman–Crippen LogP) is 1.82. The Morgan fingerprint density at radius 2 is 2.10 bits per heavy atom. The fourth-order valence-electron chi connectivity index (χ4n) is 1.27. The number of ether oxygens (including phenoxy) is 3. The van der Waals surface area contributed by atoms with Crippen LogP contribution in [-0.4, -0.2) is 30.6 Å². The molecule has 0 aliphatic heterocycles. The van der Waals surface area contributed by atoms with E-state index in [2.05, 4.69) is 6.58 Å². The highest BCUT2D eigenvalue weighted by Gasteiger charge is 2.15. The third-order valence-corrected chi connectivity index (χ3v) is 2.17. The summed E-state index contributed by atoms with van der Waals surface area (Å²) in [5, 5.41) is 9.86. The van der Waals surface area contributed by atoms with E-state index in [0.717, 1.165) is 0 Å². The Bertz CT molecular complexity index is 494. The van der Waals surface area contributed by atoms with E-state index < -0.39 is 5.97 Å². The van der Waals surface area contributed by atoms with Crippen molar-refractivity contribution in [3.05, 3.63) is 30.5 Å². The summed E-state index contributed by atoms with van der Waals surface area (Å²) in [5.41, 5.74) is 0. The van der Waals surface area contributed by atoms with Crippen LogP contribution in [0.1, 0.15) is 13.3 Å². The number of para-hydroxylation sites is 1. The van der Waals surface area contributed by atoms with Gasteiger partial charge in [0.05, 0.1) is 6.61 Å². The molecule has 0 radical (unpaired) electrons. The van der Waals surface area contributed by atoms with Crippen LogP contribution < -0.4 is 9.47 Å². The number of rotatable bonds is 8. The molecular formula is C14H16O6. The fraction of sp³-hybridized carbons (Fsp3) is 0.286. The quantitative estimate of drug-likeness (QED) is 0.338. The topological polar surface area (TPSA) is 82.1 Å². The Kier molecular flexibility index (Phi) is 6.09. The lowest BCUT2D eigenvalue weighted by atomic mass is 10.3. The average molecular weight is 280 g/mol. The Morgan fingerprint density at radius 3 is 2.75 bits per heavy atom. The molecule has 1 aromatic rings. The first kappa shape index (κ1) is 15.6. The molecule has 20 heavy (non-hydrogen) atoms. The summed E-state index contributed by atoms with van der Waals surface area (Å²) in [4.78, 5) is 21.7. The lowest BCUT2D eigenvalue weighted by Gasteiger charge is -2.12. The van der Waals surface area contributed by atoms with Gasteiger partial charge in [0, 0.05) is 0 Å². The van der Waals surface area contributed by atoms with E-state index in [-0.39, 0.29) is 36.2 Å². The minimum atomic E-state index is -0.703. The molecule has 0 aromatic heterocycles. The summed E-state index contributed by atoms with van der Waals surface area (Å²) in [7, 11) is 0. The van der Waals surface area contributed by atoms with Gasteiger partial charge in [-0.15, -0.1) is 0 Å². The van der Waals surface area contributed by atoms with Crippen LogP contribution in [0.25, 0.3) is 0 Å². The van der Waals surface area contributed by atoms with Gasteiger partial charge >= 0.3 is 5.97 Å². The van der Waals surface area contributed by atoms with Gasteiger partial charge in [-0.3, -0.25) is 4.79 Å². The van der Waals surface area contributed by atoms with E-state index in [1.54, 1.807) is 6.07 Å². The molecule has 0 aliphatic carbocycles. The summed E-state index contributed by atoms with van der Waals surface area (Å²) in [6.45, 7) is 5.35. The van der Waals surface area contributed by atoms with Crippen molar-refractivity contribution in [2.75, 3.05) is 13.2 Å². The molecule has 1 aromatic carbocycles. The number of aldehydes is 1. The number of phenolic OH excluding ortho intramolecular Hbond substituents is 1. The number of hydrogen-bond acceptors (Lipinski definition) is 6. The van der Waals surface area contributed by atoms with Crippen LogP contribution in [0.2, 0.25) is 0 Å². The van der Waals surface area contributed by atoms with Gasteiger partial charge in [0.15, 0.2) is 17.8 Å². The number of hydrogen-bond donors (Lipinski definition) is 1. The normalized spacial score (nSPS) is 9.65. The van der Waals surface area contributed by atoms with Crippen LogP contribution in [-0.2, 0) is 14.3 Å². The van der Waals surface area contributed by atoms with Crippen LogP contribution >= 0.6 is 0 Å². The van der Waals surface area contributed by atoms with Gasteiger partial charge in [-0.05, 0) is 25.1 Å². The average Bonchev–Trinajstić information content (AvgIpc) is 2.45. The molecule has 0 saturated carbocycles. The standard InChI is InChI=1S/C14H16O6/c1-3-8-19-14(17)10(2)20-12-6-4-5-11(13(12)16)18-9-7-15/h4-7,16H,2-3,8-9H2,1H3. The van der Waals surface area contributed by atoms with Crippen molar-refractivity contribution >= 4 is 12.3 Å². The number of aromatic hydroxyl groups is 1. The molecular weight excluding hydrogens is 264 g/mol. The molecule has 0 amide bonds. The van der Waals surface area contributed by atoms with Crippen LogP contribution in [0.4, 0.5) is 0 Å². The van der Waals surface area contributed by atoms with Gasteiger partial charge in [0.1, 0.15) is 6.61 Å². The second-order valence-corrected chi connectivity index (χ2v) is 3.74. The first-order valence-electron chi connectivity index (χ1n) is 6.02. The molecule has 0 saturated heterocycles. The molecule has 0 bridgehead atoms. The minimum Gasteiger partial charge on any atom is -0.502 e. The van der Waals surface area contributed by atoms with Crippen LogP contribution in [0.15, 0.2) is 30.5 Å². The summed E-state index contributed by atoms with van der Waals surface area (Å²) in [6.07, 6.45) is 1.23. The molecule has 0 unspecified atom stereocenters. The molecule has 0 heterocycles. The number of esters is 1. The second kappa shape index (κ2) is 7.83. The third-order valence-electron chi connectivity index (χ3n) is 2.17. The van der Waals surface area contributed by atoms with Gasteiger partial charge in [-0.25, -0.2) is 4.79 Å². The maximum atomic E-state index is 11.5. The monoisotopic (exact) mass is 280 g/mol. The van der Waals surface area contributed by atoms with E-state index in [4.69, 9.17) is 14.2 Å². The lowest BCUT2D eigenvalue weighted by molar-refractivity contribution is -0.141. The van der Waals surface area contributed by atoms with E-state index in [1.807, 2.05) is 6.92 Å². The SMILES string of the molecule is C=C(Oc1cccc(OCC=O)c1O)C(=O)OCCC. The van der Waals surface area contributed by atoms with Crippen molar-refractivity contribution in [1.82, 2.24) is 0 Å². The van der Waals surface area contributed by atoms with Crippen molar-refractivity contribution in [2.24, 2.45) is 0 Å². The zero-order valence-electron chi connectivity index (χ0n) is 11.1. The van der Waals surface area contributed by atoms with Gasteiger partial charge in [-0.1, -0.05) is 13.0 Å². The Hall–Kier alpha value is -2.50. The second-order valence-electron chi connectivity index (χ2n) is 3.74. The van der Waals surface area contributed by atoms with Crippen molar-refractivity contribution in [3.8, 4) is 17.2 Å². The zero-order chi connectivity index (χ0) is 15.0. The number of carbonyl (C=O) groups is 2. The maximum Gasteiger partial charge on any atom is 0.373 e. The highest BCUT2D eigenvalue weighted by molar-refractivity contribution is 5.86.